The first-order valence-electron chi connectivity index (χ1n) is 16.2. The molecule has 2 fully saturated rings. The fourth-order valence-electron chi connectivity index (χ4n) is 7.85. The first-order chi connectivity index (χ1) is 21.7. The number of carbonyl (C=O) groups excluding carboxylic acids is 2. The number of carbonyl (C=O) groups is 2. The molecule has 0 unspecified atom stereocenters. The lowest BCUT2D eigenvalue weighted by Gasteiger charge is -2.36. The number of aliphatic hydroxyl groups is 2. The van der Waals surface area contributed by atoms with Crippen molar-refractivity contribution in [1.29, 1.82) is 0 Å². The number of aromatic nitrogens is 2. The van der Waals surface area contributed by atoms with Crippen LogP contribution in [-0.4, -0.2) is 63.7 Å². The fourth-order valence-corrected chi connectivity index (χ4v) is 7.85. The van der Waals surface area contributed by atoms with E-state index in [0.29, 0.717) is 29.2 Å². The van der Waals surface area contributed by atoms with E-state index in [0.717, 1.165) is 23.4 Å². The van der Waals surface area contributed by atoms with Crippen molar-refractivity contribution in [1.82, 2.24) is 9.78 Å². The van der Waals surface area contributed by atoms with Gasteiger partial charge in [0, 0.05) is 31.5 Å². The highest BCUT2D eigenvalue weighted by atomic mass is 16.5. The standard InChI is InChI=1S/C38H45N3O5/c1-22-13-18-29-30(37(29,4)5)19-23(2)35(43)38(45)20-24(3)33(42)31(38)34(22)46-36(44)28-21-41(27-11-9-8-10-12-27)39-32(28)25-14-16-26(17-15-25)40(6)7/h8-12,14-17,19,21,24,29-31,33-34,42,45H,1,13,18,20H2,2-7H3/b23-19+/t24-,29-,30+,31+,33-,34-,38+/m0/s1. The van der Waals surface area contributed by atoms with Crippen molar-refractivity contribution in [2.24, 2.45) is 29.1 Å². The molecule has 2 aromatic carbocycles. The minimum Gasteiger partial charge on any atom is -0.454 e. The third-order valence-electron chi connectivity index (χ3n) is 10.8. The lowest BCUT2D eigenvalue weighted by atomic mass is 9.77. The van der Waals surface area contributed by atoms with Crippen LogP contribution in [0.1, 0.15) is 57.3 Å². The molecule has 2 saturated carbocycles. The summed E-state index contributed by atoms with van der Waals surface area (Å²) in [6, 6.07) is 17.3. The van der Waals surface area contributed by atoms with Crippen LogP contribution in [0.2, 0.25) is 0 Å². The number of nitrogens with zero attached hydrogens (tertiary/aromatic N) is 3. The van der Waals surface area contributed by atoms with E-state index in [1.165, 1.54) is 0 Å². The van der Waals surface area contributed by atoms with Crippen molar-refractivity contribution in [2.45, 2.75) is 64.8 Å². The number of ketones is 1. The smallest absolute Gasteiger partial charge is 0.342 e. The van der Waals surface area contributed by atoms with Crippen LogP contribution in [0, 0.1) is 29.1 Å². The van der Waals surface area contributed by atoms with Crippen molar-refractivity contribution in [3.63, 3.8) is 0 Å². The SMILES string of the molecule is C=C1CC[C@H]2[C@@H](/C=C(\C)C(=O)[C@@]3(O)C[C@H](C)[C@H](O)[C@@H]3[C@H]1OC(=O)c1cn(-c3ccccc3)nc1-c1ccc(N(C)C)cc1)C2(C)C. The van der Waals surface area contributed by atoms with Crippen molar-refractivity contribution in [2.75, 3.05) is 19.0 Å². The van der Waals surface area contributed by atoms with Crippen LogP contribution in [0.25, 0.3) is 16.9 Å². The van der Waals surface area contributed by atoms with E-state index in [4.69, 9.17) is 9.84 Å². The summed E-state index contributed by atoms with van der Waals surface area (Å²) in [5, 5.41) is 28.5. The highest BCUT2D eigenvalue weighted by Gasteiger charge is 2.61. The molecule has 46 heavy (non-hydrogen) atoms. The molecule has 2 N–H and O–H groups in total. The Morgan fingerprint density at radius 1 is 1.11 bits per heavy atom. The van der Waals surface area contributed by atoms with E-state index in [1.807, 2.05) is 86.6 Å². The molecule has 6 rings (SSSR count). The molecule has 0 radical (unpaired) electrons. The molecule has 8 nitrogen and oxygen atoms in total. The number of esters is 1. The Kier molecular flexibility index (Phi) is 8.10. The van der Waals surface area contributed by atoms with E-state index in [2.05, 4.69) is 20.4 Å². The highest BCUT2D eigenvalue weighted by molar-refractivity contribution is 6.02. The lowest BCUT2D eigenvalue weighted by Crippen LogP contribution is -2.52. The Hall–Kier alpha value is -4.01. The molecule has 0 amide bonds. The number of ether oxygens (including phenoxy) is 1. The number of fused-ring (bicyclic) bond motifs is 2. The number of benzene rings is 2. The van der Waals surface area contributed by atoms with Gasteiger partial charge in [-0.25, -0.2) is 9.48 Å². The van der Waals surface area contributed by atoms with E-state index in [9.17, 15) is 19.8 Å². The molecule has 3 aromatic rings. The third kappa shape index (κ3) is 5.41. The Balaban J connectivity index is 1.41. The van der Waals surface area contributed by atoms with Crippen molar-refractivity contribution in [3.8, 4) is 16.9 Å². The molecule has 0 spiro atoms. The van der Waals surface area contributed by atoms with Gasteiger partial charge in [-0.1, -0.05) is 63.8 Å². The number of rotatable bonds is 5. The van der Waals surface area contributed by atoms with Gasteiger partial charge in [0.2, 0.25) is 0 Å². The zero-order chi connectivity index (χ0) is 33.1. The summed E-state index contributed by atoms with van der Waals surface area (Å²) in [4.78, 5) is 30.3. The third-order valence-corrected chi connectivity index (χ3v) is 10.8. The molecule has 1 aromatic heterocycles. The second-order valence-electron chi connectivity index (χ2n) is 14.4. The quantitative estimate of drug-likeness (QED) is 0.265. The monoisotopic (exact) mass is 623 g/mol. The summed E-state index contributed by atoms with van der Waals surface area (Å²) >= 11 is 0. The maximum absolute atomic E-state index is 14.3. The maximum atomic E-state index is 14.3. The highest BCUT2D eigenvalue weighted by Crippen LogP contribution is 2.62. The van der Waals surface area contributed by atoms with E-state index in [-0.39, 0.29) is 29.2 Å². The minimum absolute atomic E-state index is 0.0146. The molecule has 3 aliphatic carbocycles. The summed E-state index contributed by atoms with van der Waals surface area (Å²) in [5.74, 6) is -1.99. The van der Waals surface area contributed by atoms with Gasteiger partial charge in [0.15, 0.2) is 5.78 Å². The largest absolute Gasteiger partial charge is 0.454 e. The summed E-state index contributed by atoms with van der Waals surface area (Å²) < 4.78 is 7.97. The molecule has 1 heterocycles. The first-order valence-corrected chi connectivity index (χ1v) is 16.2. The van der Waals surface area contributed by atoms with Crippen LogP contribution in [0.3, 0.4) is 0 Å². The first kappa shape index (κ1) is 32.0. The number of hydrogen-bond donors (Lipinski definition) is 2. The van der Waals surface area contributed by atoms with Gasteiger partial charge in [-0.15, -0.1) is 0 Å². The summed E-state index contributed by atoms with van der Waals surface area (Å²) in [7, 11) is 3.92. The summed E-state index contributed by atoms with van der Waals surface area (Å²) in [5.41, 5.74) is 2.36. The number of para-hydroxylation sites is 1. The predicted octanol–water partition coefficient (Wildman–Crippen LogP) is 6.02. The Bertz CT molecular complexity index is 1690. The van der Waals surface area contributed by atoms with Gasteiger partial charge in [0.1, 0.15) is 23.0 Å². The Labute approximate surface area is 271 Å². The van der Waals surface area contributed by atoms with Crippen LogP contribution in [0.4, 0.5) is 5.69 Å². The molecule has 0 bridgehead atoms. The van der Waals surface area contributed by atoms with Crippen molar-refractivity contribution >= 4 is 17.4 Å². The van der Waals surface area contributed by atoms with Crippen LogP contribution in [0.15, 0.2) is 84.6 Å². The number of aliphatic hydroxyl groups excluding tert-OH is 1. The number of Topliss-reactive ketones (excluding diaryl/α,β-unsaturated/α-hetero) is 1. The lowest BCUT2D eigenvalue weighted by molar-refractivity contribution is -0.144. The summed E-state index contributed by atoms with van der Waals surface area (Å²) in [6.07, 6.45) is 2.89. The van der Waals surface area contributed by atoms with E-state index >= 15 is 0 Å². The second-order valence-corrected chi connectivity index (χ2v) is 14.4. The minimum atomic E-state index is -1.91. The average Bonchev–Trinajstić information content (AvgIpc) is 3.29. The molecule has 0 saturated heterocycles. The molecule has 8 heteroatoms. The predicted molar refractivity (Wildman–Crippen MR) is 179 cm³/mol. The fraction of sp³-hybridized carbons (Fsp3) is 0.447. The van der Waals surface area contributed by atoms with Gasteiger partial charge in [-0.2, -0.15) is 5.10 Å². The molecule has 3 aliphatic rings. The van der Waals surface area contributed by atoms with Crippen LogP contribution in [-0.2, 0) is 9.53 Å². The average molecular weight is 624 g/mol. The molecular formula is C38H45N3O5. The number of hydrogen-bond acceptors (Lipinski definition) is 7. The van der Waals surface area contributed by atoms with Gasteiger partial charge < -0.3 is 19.8 Å². The zero-order valence-corrected chi connectivity index (χ0v) is 27.6. The molecule has 242 valence electrons. The summed E-state index contributed by atoms with van der Waals surface area (Å²) in [6.45, 7) is 12.3. The van der Waals surface area contributed by atoms with Gasteiger partial charge in [-0.05, 0) is 84.8 Å². The van der Waals surface area contributed by atoms with Crippen LogP contribution >= 0.6 is 0 Å². The van der Waals surface area contributed by atoms with Crippen LogP contribution < -0.4 is 4.90 Å². The molecule has 0 aliphatic heterocycles. The van der Waals surface area contributed by atoms with Gasteiger partial charge >= 0.3 is 5.97 Å². The second kappa shape index (κ2) is 11.7. The normalized spacial score (nSPS) is 31.6. The topological polar surface area (TPSA) is 105 Å². The van der Waals surface area contributed by atoms with E-state index in [1.54, 1.807) is 17.8 Å². The number of anilines is 1. The maximum Gasteiger partial charge on any atom is 0.342 e. The van der Waals surface area contributed by atoms with E-state index < -0.39 is 35.5 Å². The van der Waals surface area contributed by atoms with Gasteiger partial charge in [0.05, 0.1) is 17.7 Å². The van der Waals surface area contributed by atoms with Crippen LogP contribution in [0.5, 0.6) is 0 Å². The Morgan fingerprint density at radius 2 is 1.78 bits per heavy atom. The van der Waals surface area contributed by atoms with Crippen molar-refractivity contribution in [3.05, 3.63) is 90.2 Å². The molecule has 7 atom stereocenters. The Morgan fingerprint density at radius 3 is 2.43 bits per heavy atom. The van der Waals surface area contributed by atoms with Crippen molar-refractivity contribution < 1.29 is 24.5 Å². The number of allylic oxidation sites excluding steroid dienone is 1. The van der Waals surface area contributed by atoms with Gasteiger partial charge in [-0.3, -0.25) is 4.79 Å². The van der Waals surface area contributed by atoms with Gasteiger partial charge in [0.25, 0.3) is 0 Å². The zero-order valence-electron chi connectivity index (χ0n) is 27.6. The molecular weight excluding hydrogens is 578 g/mol.